The molecule has 1 N–H and O–H groups in total. The monoisotopic (exact) mass is 245 g/mol. The second kappa shape index (κ2) is 4.70. The molecule has 0 spiro atoms. The third-order valence-electron chi connectivity index (χ3n) is 4.47. The van der Waals surface area contributed by atoms with Crippen LogP contribution in [0.5, 0.6) is 0 Å². The van der Waals surface area contributed by atoms with Crippen molar-refractivity contribution in [1.29, 1.82) is 0 Å². The molecule has 0 aromatic heterocycles. The second-order valence-corrected chi connectivity index (χ2v) is 6.87. The summed E-state index contributed by atoms with van der Waals surface area (Å²) in [6.45, 7) is 13.6. The summed E-state index contributed by atoms with van der Waals surface area (Å²) in [4.78, 5) is 0. The number of rotatable bonds is 4. The molecule has 0 aliphatic heterocycles. The van der Waals surface area contributed by atoms with Crippen LogP contribution in [0.4, 0.5) is 0 Å². The van der Waals surface area contributed by atoms with E-state index in [4.69, 9.17) is 0 Å². The number of benzene rings is 1. The maximum atomic E-state index is 3.52. The lowest BCUT2D eigenvalue weighted by Gasteiger charge is -2.22. The molecule has 1 aliphatic rings. The molecular weight excluding hydrogens is 218 g/mol. The minimum atomic E-state index is 0.253. The molecule has 1 fully saturated rings. The average molecular weight is 245 g/mol. The molecule has 0 amide bonds. The summed E-state index contributed by atoms with van der Waals surface area (Å²) in [7, 11) is 0. The Hall–Kier alpha value is -0.820. The second-order valence-electron chi connectivity index (χ2n) is 6.87. The van der Waals surface area contributed by atoms with Gasteiger partial charge in [-0.2, -0.15) is 0 Å². The molecule has 18 heavy (non-hydrogen) atoms. The molecule has 1 nitrogen and oxygen atoms in total. The lowest BCUT2D eigenvalue weighted by Crippen LogP contribution is -2.28. The van der Waals surface area contributed by atoms with Gasteiger partial charge in [-0.05, 0) is 35.4 Å². The van der Waals surface area contributed by atoms with E-state index in [0.29, 0.717) is 5.41 Å². The number of hydrogen-bond donors (Lipinski definition) is 1. The smallest absolute Gasteiger partial charge is 0.0106 e. The largest absolute Gasteiger partial charge is 0.316 e. The molecule has 1 aromatic rings. The number of likely N-dealkylation sites (N-methyl/N-ethyl adjacent to an activating group) is 1. The molecule has 0 bridgehead atoms. The zero-order valence-corrected chi connectivity index (χ0v) is 12.5. The summed E-state index contributed by atoms with van der Waals surface area (Å²) in [5.41, 5.74) is 3.61. The van der Waals surface area contributed by atoms with Crippen molar-refractivity contribution in [1.82, 2.24) is 5.32 Å². The van der Waals surface area contributed by atoms with Crippen molar-refractivity contribution in [3.63, 3.8) is 0 Å². The van der Waals surface area contributed by atoms with Crippen molar-refractivity contribution in [2.24, 2.45) is 5.92 Å². The number of nitrogens with one attached hydrogen (secondary N) is 1. The normalized spacial score (nSPS) is 27.3. The van der Waals surface area contributed by atoms with Gasteiger partial charge in [0.15, 0.2) is 0 Å². The molecule has 100 valence electrons. The van der Waals surface area contributed by atoms with E-state index >= 15 is 0 Å². The molecule has 2 rings (SSSR count). The predicted octanol–water partition coefficient (Wildman–Crippen LogP) is 3.87. The van der Waals surface area contributed by atoms with Crippen LogP contribution in [0, 0.1) is 5.92 Å². The van der Waals surface area contributed by atoms with E-state index in [1.807, 2.05) is 0 Å². The first-order valence-corrected chi connectivity index (χ1v) is 7.22. The molecular formula is C17H27N. The lowest BCUT2D eigenvalue weighted by molar-refractivity contribution is 0.553. The Morgan fingerprint density at radius 3 is 2.17 bits per heavy atom. The molecule has 0 saturated heterocycles. The van der Waals surface area contributed by atoms with E-state index in [1.165, 1.54) is 17.5 Å². The van der Waals surface area contributed by atoms with Gasteiger partial charge in [-0.25, -0.2) is 0 Å². The van der Waals surface area contributed by atoms with Crippen LogP contribution in [0.1, 0.15) is 52.2 Å². The van der Waals surface area contributed by atoms with Gasteiger partial charge in [-0.1, -0.05) is 58.9 Å². The fourth-order valence-electron chi connectivity index (χ4n) is 2.89. The first kappa shape index (κ1) is 13.6. The van der Waals surface area contributed by atoms with Crippen molar-refractivity contribution in [3.05, 3.63) is 35.4 Å². The van der Waals surface area contributed by atoms with E-state index in [-0.39, 0.29) is 5.41 Å². The Morgan fingerprint density at radius 2 is 1.78 bits per heavy atom. The Bertz CT molecular complexity index is 399. The van der Waals surface area contributed by atoms with Crippen molar-refractivity contribution in [2.75, 3.05) is 13.1 Å². The lowest BCUT2D eigenvalue weighted by atomic mass is 9.84. The van der Waals surface area contributed by atoms with E-state index in [9.17, 15) is 0 Å². The zero-order valence-electron chi connectivity index (χ0n) is 12.5. The minimum Gasteiger partial charge on any atom is -0.316 e. The van der Waals surface area contributed by atoms with Crippen molar-refractivity contribution in [3.8, 4) is 0 Å². The van der Waals surface area contributed by atoms with Crippen LogP contribution in [0.15, 0.2) is 24.3 Å². The zero-order chi connectivity index (χ0) is 13.4. The molecule has 1 saturated carbocycles. The summed E-state index contributed by atoms with van der Waals surface area (Å²) in [5.74, 6) is 0.817. The molecule has 2 atom stereocenters. The molecule has 1 aliphatic carbocycles. The van der Waals surface area contributed by atoms with Crippen molar-refractivity contribution in [2.45, 2.75) is 51.9 Å². The Kier molecular flexibility index (Phi) is 3.55. The fraction of sp³-hybridized carbons (Fsp3) is 0.647. The van der Waals surface area contributed by atoms with Gasteiger partial charge in [0.25, 0.3) is 0 Å². The topological polar surface area (TPSA) is 12.0 Å². The van der Waals surface area contributed by atoms with Gasteiger partial charge in [-0.3, -0.25) is 0 Å². The summed E-state index contributed by atoms with van der Waals surface area (Å²) < 4.78 is 0. The van der Waals surface area contributed by atoms with Crippen molar-refractivity contribution < 1.29 is 0 Å². The number of hydrogen-bond acceptors (Lipinski definition) is 1. The van der Waals surface area contributed by atoms with Gasteiger partial charge in [0, 0.05) is 12.0 Å². The van der Waals surface area contributed by atoms with Gasteiger partial charge in [0.2, 0.25) is 0 Å². The van der Waals surface area contributed by atoms with Crippen LogP contribution in [-0.4, -0.2) is 13.1 Å². The van der Waals surface area contributed by atoms with E-state index < -0.39 is 0 Å². The van der Waals surface area contributed by atoms with Crippen molar-refractivity contribution >= 4 is 0 Å². The van der Waals surface area contributed by atoms with Gasteiger partial charge in [0.1, 0.15) is 0 Å². The molecule has 1 heteroatoms. The quantitative estimate of drug-likeness (QED) is 0.849. The highest BCUT2D eigenvalue weighted by Gasteiger charge is 2.51. The standard InChI is InChI=1S/C17H27N/c1-6-18-12-17(11-13(17)2)15-9-7-14(8-10-15)16(3,4)5/h7-10,13,18H,6,11-12H2,1-5H3. The highest BCUT2D eigenvalue weighted by atomic mass is 14.9. The Balaban J connectivity index is 2.19. The summed E-state index contributed by atoms with van der Waals surface area (Å²) in [6, 6.07) is 9.32. The summed E-state index contributed by atoms with van der Waals surface area (Å²) in [5, 5.41) is 3.52. The third-order valence-corrected chi connectivity index (χ3v) is 4.47. The first-order valence-electron chi connectivity index (χ1n) is 7.22. The van der Waals surface area contributed by atoms with E-state index in [1.54, 1.807) is 0 Å². The first-order chi connectivity index (χ1) is 8.40. The van der Waals surface area contributed by atoms with E-state index in [2.05, 4.69) is 64.2 Å². The fourth-order valence-corrected chi connectivity index (χ4v) is 2.89. The van der Waals surface area contributed by atoms with Crippen LogP contribution in [0.25, 0.3) is 0 Å². The Morgan fingerprint density at radius 1 is 1.22 bits per heavy atom. The minimum absolute atomic E-state index is 0.253. The molecule has 0 heterocycles. The van der Waals surface area contributed by atoms with Crippen LogP contribution >= 0.6 is 0 Å². The van der Waals surface area contributed by atoms with Crippen LogP contribution < -0.4 is 5.32 Å². The Labute approximate surface area is 112 Å². The van der Waals surface area contributed by atoms with Gasteiger partial charge >= 0.3 is 0 Å². The molecule has 1 aromatic carbocycles. The van der Waals surface area contributed by atoms with Gasteiger partial charge in [-0.15, -0.1) is 0 Å². The van der Waals surface area contributed by atoms with Crippen LogP contribution in [0.2, 0.25) is 0 Å². The SMILES string of the molecule is CCNCC1(c2ccc(C(C)(C)C)cc2)CC1C. The highest BCUT2D eigenvalue weighted by molar-refractivity contribution is 5.37. The van der Waals surface area contributed by atoms with Gasteiger partial charge < -0.3 is 5.32 Å². The van der Waals surface area contributed by atoms with Crippen LogP contribution in [-0.2, 0) is 10.8 Å². The summed E-state index contributed by atoms with van der Waals surface area (Å²) >= 11 is 0. The predicted molar refractivity (Wildman–Crippen MR) is 79.1 cm³/mol. The maximum Gasteiger partial charge on any atom is 0.0106 e. The van der Waals surface area contributed by atoms with E-state index in [0.717, 1.165) is 19.0 Å². The summed E-state index contributed by atoms with van der Waals surface area (Å²) in [6.07, 6.45) is 1.33. The molecule has 0 radical (unpaired) electrons. The average Bonchev–Trinajstić information content (AvgIpc) is 2.98. The van der Waals surface area contributed by atoms with Crippen LogP contribution in [0.3, 0.4) is 0 Å². The highest BCUT2D eigenvalue weighted by Crippen LogP contribution is 2.53. The van der Waals surface area contributed by atoms with Gasteiger partial charge in [0.05, 0.1) is 0 Å². The third kappa shape index (κ3) is 2.47. The molecule has 2 unspecified atom stereocenters. The maximum absolute atomic E-state index is 3.52.